The molecule has 0 heterocycles. The van der Waals surface area contributed by atoms with E-state index in [0.717, 1.165) is 18.5 Å². The molecule has 3 nitrogen and oxygen atoms in total. The first-order valence-corrected chi connectivity index (χ1v) is 6.51. The van der Waals surface area contributed by atoms with Crippen molar-refractivity contribution in [2.45, 2.75) is 32.2 Å². The van der Waals surface area contributed by atoms with Crippen LogP contribution in [0.15, 0.2) is 24.3 Å². The van der Waals surface area contributed by atoms with Gasteiger partial charge in [0, 0.05) is 13.2 Å². The molecule has 0 aliphatic heterocycles. The quantitative estimate of drug-likeness (QED) is 0.798. The van der Waals surface area contributed by atoms with Gasteiger partial charge in [-0.1, -0.05) is 19.1 Å². The highest BCUT2D eigenvalue weighted by Gasteiger charge is 2.30. The van der Waals surface area contributed by atoms with Crippen molar-refractivity contribution < 1.29 is 22.6 Å². The monoisotopic (exact) mass is 291 g/mol. The van der Waals surface area contributed by atoms with Gasteiger partial charge in [0.15, 0.2) is 0 Å². The van der Waals surface area contributed by atoms with Crippen molar-refractivity contribution in [1.82, 2.24) is 5.32 Å². The van der Waals surface area contributed by atoms with E-state index < -0.39 is 6.36 Å². The van der Waals surface area contributed by atoms with Gasteiger partial charge in [0.25, 0.3) is 0 Å². The van der Waals surface area contributed by atoms with E-state index in [0.29, 0.717) is 13.0 Å². The van der Waals surface area contributed by atoms with E-state index in [-0.39, 0.29) is 11.8 Å². The van der Waals surface area contributed by atoms with Crippen molar-refractivity contribution in [3.8, 4) is 5.75 Å². The fraction of sp³-hybridized carbons (Fsp3) is 0.571. The Bertz CT molecular complexity index is 379. The molecule has 1 N–H and O–H groups in total. The third-order valence-electron chi connectivity index (χ3n) is 2.69. The Kier molecular flexibility index (Phi) is 6.81. The van der Waals surface area contributed by atoms with Crippen LogP contribution in [0.25, 0.3) is 0 Å². The van der Waals surface area contributed by atoms with Crippen molar-refractivity contribution in [3.05, 3.63) is 29.8 Å². The van der Waals surface area contributed by atoms with Crippen LogP contribution in [0.3, 0.4) is 0 Å². The van der Waals surface area contributed by atoms with Gasteiger partial charge in [-0.05, 0) is 37.1 Å². The molecule has 0 aliphatic rings. The molecule has 6 heteroatoms. The lowest BCUT2D eigenvalue weighted by Gasteiger charge is -2.18. The SMILES string of the molecule is CCCNC(COC)Cc1ccc(OC(F)(F)F)cc1. The van der Waals surface area contributed by atoms with Crippen molar-refractivity contribution in [1.29, 1.82) is 0 Å². The highest BCUT2D eigenvalue weighted by atomic mass is 19.4. The van der Waals surface area contributed by atoms with Crippen LogP contribution in [0.1, 0.15) is 18.9 Å². The van der Waals surface area contributed by atoms with Crippen LogP contribution in [-0.2, 0) is 11.2 Å². The molecule has 1 unspecified atom stereocenters. The summed E-state index contributed by atoms with van der Waals surface area (Å²) in [5.41, 5.74) is 0.935. The molecule has 1 aromatic rings. The molecule has 0 amide bonds. The fourth-order valence-electron chi connectivity index (χ4n) is 1.85. The van der Waals surface area contributed by atoms with E-state index in [1.807, 2.05) is 0 Å². The lowest BCUT2D eigenvalue weighted by Crippen LogP contribution is -2.35. The van der Waals surface area contributed by atoms with E-state index in [2.05, 4.69) is 17.0 Å². The smallest absolute Gasteiger partial charge is 0.406 e. The number of nitrogens with one attached hydrogen (secondary N) is 1. The molecule has 0 saturated carbocycles. The maximum Gasteiger partial charge on any atom is 0.573 e. The Labute approximate surface area is 117 Å². The van der Waals surface area contributed by atoms with Crippen molar-refractivity contribution in [3.63, 3.8) is 0 Å². The molecule has 20 heavy (non-hydrogen) atoms. The van der Waals surface area contributed by atoms with Gasteiger partial charge in [-0.25, -0.2) is 0 Å². The number of hydrogen-bond donors (Lipinski definition) is 1. The fourth-order valence-corrected chi connectivity index (χ4v) is 1.85. The van der Waals surface area contributed by atoms with Crippen LogP contribution in [0.5, 0.6) is 5.75 Å². The number of ether oxygens (including phenoxy) is 2. The third kappa shape index (κ3) is 6.77. The number of benzene rings is 1. The maximum atomic E-state index is 12.0. The maximum absolute atomic E-state index is 12.0. The summed E-state index contributed by atoms with van der Waals surface area (Å²) >= 11 is 0. The average Bonchev–Trinajstić information content (AvgIpc) is 2.37. The Morgan fingerprint density at radius 2 is 1.85 bits per heavy atom. The molecule has 0 saturated heterocycles. The number of rotatable bonds is 8. The van der Waals surface area contributed by atoms with Gasteiger partial charge >= 0.3 is 6.36 Å². The first kappa shape index (κ1) is 16.8. The second-order valence-corrected chi connectivity index (χ2v) is 4.50. The predicted octanol–water partition coefficient (Wildman–Crippen LogP) is 3.14. The van der Waals surface area contributed by atoms with Gasteiger partial charge in [0.2, 0.25) is 0 Å². The highest BCUT2D eigenvalue weighted by Crippen LogP contribution is 2.23. The number of alkyl halides is 3. The standard InChI is InChI=1S/C14H20F3NO2/c1-3-8-18-12(10-19-2)9-11-4-6-13(7-5-11)20-14(15,16)17/h4-7,12,18H,3,8-10H2,1-2H3. The van der Waals surface area contributed by atoms with Crippen LogP contribution in [-0.4, -0.2) is 32.7 Å². The summed E-state index contributed by atoms with van der Waals surface area (Å²) in [7, 11) is 1.63. The number of methoxy groups -OCH3 is 1. The summed E-state index contributed by atoms with van der Waals surface area (Å²) in [5.74, 6) is -0.203. The van der Waals surface area contributed by atoms with Gasteiger partial charge in [0.05, 0.1) is 6.61 Å². The molecular formula is C14H20F3NO2. The van der Waals surface area contributed by atoms with E-state index in [1.54, 1.807) is 19.2 Å². The molecule has 0 spiro atoms. The summed E-state index contributed by atoms with van der Waals surface area (Å²) in [6.07, 6.45) is -2.94. The van der Waals surface area contributed by atoms with Crippen LogP contribution >= 0.6 is 0 Å². The molecule has 0 radical (unpaired) electrons. The summed E-state index contributed by atoms with van der Waals surface area (Å²) in [6, 6.07) is 6.07. The van der Waals surface area contributed by atoms with Crippen molar-refractivity contribution >= 4 is 0 Å². The summed E-state index contributed by atoms with van der Waals surface area (Å²) in [4.78, 5) is 0. The van der Waals surface area contributed by atoms with Crippen LogP contribution in [0.4, 0.5) is 13.2 Å². The number of hydrogen-bond acceptors (Lipinski definition) is 3. The summed E-state index contributed by atoms with van der Waals surface area (Å²) in [5, 5.41) is 3.34. The Balaban J connectivity index is 2.58. The zero-order valence-electron chi connectivity index (χ0n) is 11.7. The summed E-state index contributed by atoms with van der Waals surface area (Å²) in [6.45, 7) is 3.50. The molecule has 1 aromatic carbocycles. The molecule has 1 atom stereocenters. The summed E-state index contributed by atoms with van der Waals surface area (Å²) < 4.78 is 45.1. The second kappa shape index (κ2) is 8.11. The second-order valence-electron chi connectivity index (χ2n) is 4.50. The number of halogens is 3. The van der Waals surface area contributed by atoms with Crippen LogP contribution in [0, 0.1) is 0 Å². The predicted molar refractivity (Wildman–Crippen MR) is 70.8 cm³/mol. The molecule has 0 aliphatic carbocycles. The minimum atomic E-state index is -4.65. The van der Waals surface area contributed by atoms with Crippen LogP contribution in [0.2, 0.25) is 0 Å². The van der Waals surface area contributed by atoms with Crippen molar-refractivity contribution in [2.75, 3.05) is 20.3 Å². The highest BCUT2D eigenvalue weighted by molar-refractivity contribution is 5.28. The van der Waals surface area contributed by atoms with Gasteiger partial charge < -0.3 is 14.8 Å². The minimum absolute atomic E-state index is 0.148. The van der Waals surface area contributed by atoms with Gasteiger partial charge in [-0.15, -0.1) is 13.2 Å². The average molecular weight is 291 g/mol. The van der Waals surface area contributed by atoms with E-state index in [4.69, 9.17) is 4.74 Å². The Morgan fingerprint density at radius 3 is 2.35 bits per heavy atom. The van der Waals surface area contributed by atoms with Gasteiger partial charge in [-0.3, -0.25) is 0 Å². The van der Waals surface area contributed by atoms with E-state index in [9.17, 15) is 13.2 Å². The largest absolute Gasteiger partial charge is 0.573 e. The van der Waals surface area contributed by atoms with Crippen molar-refractivity contribution in [2.24, 2.45) is 0 Å². The lowest BCUT2D eigenvalue weighted by atomic mass is 10.1. The molecule has 1 rings (SSSR count). The Hall–Kier alpha value is -1.27. The van der Waals surface area contributed by atoms with Gasteiger partial charge in [0.1, 0.15) is 5.75 Å². The molecule has 0 fully saturated rings. The molecular weight excluding hydrogens is 271 g/mol. The first-order valence-electron chi connectivity index (χ1n) is 6.51. The zero-order chi connectivity index (χ0) is 15.0. The minimum Gasteiger partial charge on any atom is -0.406 e. The zero-order valence-corrected chi connectivity index (χ0v) is 11.7. The Morgan fingerprint density at radius 1 is 1.20 bits per heavy atom. The van der Waals surface area contributed by atoms with E-state index in [1.165, 1.54) is 12.1 Å². The van der Waals surface area contributed by atoms with Gasteiger partial charge in [-0.2, -0.15) is 0 Å². The molecule has 114 valence electrons. The topological polar surface area (TPSA) is 30.5 Å². The van der Waals surface area contributed by atoms with E-state index >= 15 is 0 Å². The van der Waals surface area contributed by atoms with Crippen LogP contribution < -0.4 is 10.1 Å². The molecule has 0 bridgehead atoms. The molecule has 0 aromatic heterocycles. The third-order valence-corrected chi connectivity index (χ3v) is 2.69. The lowest BCUT2D eigenvalue weighted by molar-refractivity contribution is -0.274. The first-order chi connectivity index (χ1) is 9.44. The normalized spacial score (nSPS) is 13.2.